The molecule has 2 aromatic carbocycles. The molecule has 4 heteroatoms. The van der Waals surface area contributed by atoms with Crippen molar-refractivity contribution in [3.05, 3.63) is 47.5 Å². The minimum atomic E-state index is -2.02. The van der Waals surface area contributed by atoms with Gasteiger partial charge < -0.3 is 9.84 Å². The van der Waals surface area contributed by atoms with Crippen LogP contribution in [0, 0.1) is 0 Å². The van der Waals surface area contributed by atoms with Gasteiger partial charge in [-0.3, -0.25) is 0 Å². The molecule has 0 aromatic heterocycles. The quantitative estimate of drug-likeness (QED) is 0.364. The van der Waals surface area contributed by atoms with E-state index in [0.717, 1.165) is 35.1 Å². The van der Waals surface area contributed by atoms with E-state index in [1.54, 1.807) is 7.11 Å². The van der Waals surface area contributed by atoms with Gasteiger partial charge in [0.25, 0.3) is 0 Å². The Balaban J connectivity index is 2.56. The standard InChI is InChI=1S/C26H40O2SSi/c1-10-19-16-22(17-20(11-2)24(19)27)29-18-30(25(3,4)5,26(6,7)8)23-14-12-21(28-9)13-15-23/h12-17,27H,10-11,18H2,1-9H3. The Morgan fingerprint density at radius 1 is 0.867 bits per heavy atom. The van der Waals surface area contributed by atoms with Crippen molar-refractivity contribution in [3.8, 4) is 11.5 Å². The zero-order valence-electron chi connectivity index (χ0n) is 20.3. The molecule has 0 spiro atoms. The highest BCUT2D eigenvalue weighted by Crippen LogP contribution is 2.52. The van der Waals surface area contributed by atoms with Crippen molar-refractivity contribution in [2.45, 2.75) is 83.2 Å². The van der Waals surface area contributed by atoms with E-state index in [1.807, 2.05) is 11.8 Å². The highest BCUT2D eigenvalue weighted by atomic mass is 32.2. The lowest BCUT2D eigenvalue weighted by Crippen LogP contribution is -2.63. The largest absolute Gasteiger partial charge is 0.507 e. The first kappa shape index (κ1) is 24.9. The van der Waals surface area contributed by atoms with Crippen LogP contribution < -0.4 is 9.92 Å². The van der Waals surface area contributed by atoms with Gasteiger partial charge in [-0.15, -0.1) is 11.8 Å². The Morgan fingerprint density at radius 2 is 1.33 bits per heavy atom. The molecule has 30 heavy (non-hydrogen) atoms. The van der Waals surface area contributed by atoms with Gasteiger partial charge in [-0.2, -0.15) is 0 Å². The topological polar surface area (TPSA) is 29.5 Å². The van der Waals surface area contributed by atoms with Gasteiger partial charge in [0.1, 0.15) is 19.6 Å². The zero-order valence-corrected chi connectivity index (χ0v) is 22.2. The number of aryl methyl sites for hydroxylation is 2. The van der Waals surface area contributed by atoms with Crippen LogP contribution in [0.3, 0.4) is 0 Å². The Kier molecular flexibility index (Phi) is 7.79. The van der Waals surface area contributed by atoms with Crippen molar-refractivity contribution >= 4 is 25.0 Å². The van der Waals surface area contributed by atoms with E-state index < -0.39 is 8.07 Å². The van der Waals surface area contributed by atoms with Crippen LogP contribution >= 0.6 is 11.8 Å². The number of aromatic hydroxyl groups is 1. The Hall–Kier alpha value is -1.39. The van der Waals surface area contributed by atoms with Crippen molar-refractivity contribution in [2.75, 3.05) is 12.5 Å². The van der Waals surface area contributed by atoms with Crippen LogP contribution in [-0.2, 0) is 12.8 Å². The second-order valence-corrected chi connectivity index (χ2v) is 17.5. The van der Waals surface area contributed by atoms with Crippen LogP contribution in [0.4, 0.5) is 0 Å². The van der Waals surface area contributed by atoms with E-state index in [-0.39, 0.29) is 10.1 Å². The van der Waals surface area contributed by atoms with Gasteiger partial charge in [-0.25, -0.2) is 0 Å². The van der Waals surface area contributed by atoms with Crippen molar-refractivity contribution in [1.82, 2.24) is 0 Å². The molecule has 0 amide bonds. The molecule has 0 aliphatic rings. The summed E-state index contributed by atoms with van der Waals surface area (Å²) in [5, 5.41) is 13.5. The lowest BCUT2D eigenvalue weighted by molar-refractivity contribution is 0.415. The SMILES string of the molecule is CCc1cc(SC[Si](c2ccc(OC)cc2)(C(C)(C)C)C(C)(C)C)cc(CC)c1O. The van der Waals surface area contributed by atoms with Crippen LogP contribution in [0.25, 0.3) is 0 Å². The molecular weight excluding hydrogens is 404 g/mol. The highest BCUT2D eigenvalue weighted by molar-refractivity contribution is 8.01. The minimum Gasteiger partial charge on any atom is -0.507 e. The minimum absolute atomic E-state index is 0.185. The van der Waals surface area contributed by atoms with E-state index in [2.05, 4.69) is 91.8 Å². The summed E-state index contributed by atoms with van der Waals surface area (Å²) in [7, 11) is -0.290. The van der Waals surface area contributed by atoms with E-state index in [9.17, 15) is 5.11 Å². The Morgan fingerprint density at radius 3 is 1.70 bits per heavy atom. The summed E-state index contributed by atoms with van der Waals surface area (Å²) >= 11 is 1.97. The van der Waals surface area contributed by atoms with Crippen LogP contribution in [0.1, 0.15) is 66.5 Å². The summed E-state index contributed by atoms with van der Waals surface area (Å²) in [6.45, 7) is 18.7. The summed E-state index contributed by atoms with van der Waals surface area (Å²) < 4.78 is 5.43. The zero-order chi connectivity index (χ0) is 22.7. The number of hydrogen-bond donors (Lipinski definition) is 1. The Labute approximate surface area is 189 Å². The molecule has 2 aromatic rings. The molecule has 0 saturated carbocycles. The summed E-state index contributed by atoms with van der Waals surface area (Å²) in [5.74, 6) is 1.39. The van der Waals surface area contributed by atoms with E-state index in [1.165, 1.54) is 10.1 Å². The molecule has 0 heterocycles. The summed E-state index contributed by atoms with van der Waals surface area (Å²) in [6.07, 6.45) is 1.71. The molecule has 0 aliphatic carbocycles. The predicted molar refractivity (Wildman–Crippen MR) is 135 cm³/mol. The van der Waals surface area contributed by atoms with Gasteiger partial charge in [0.15, 0.2) is 0 Å². The average molecular weight is 445 g/mol. The molecule has 166 valence electrons. The molecular formula is C26H40O2SSi. The Bertz CT molecular complexity index is 806. The second kappa shape index (κ2) is 9.40. The molecule has 2 rings (SSSR count). The smallest absolute Gasteiger partial charge is 0.122 e. The summed E-state index contributed by atoms with van der Waals surface area (Å²) in [6, 6.07) is 13.2. The average Bonchev–Trinajstić information content (AvgIpc) is 2.67. The second-order valence-electron chi connectivity index (χ2n) is 10.2. The van der Waals surface area contributed by atoms with Gasteiger partial charge >= 0.3 is 0 Å². The fourth-order valence-electron chi connectivity index (χ4n) is 4.92. The maximum atomic E-state index is 10.5. The maximum Gasteiger partial charge on any atom is 0.122 e. The van der Waals surface area contributed by atoms with E-state index >= 15 is 0 Å². The number of methoxy groups -OCH3 is 1. The first-order valence-corrected chi connectivity index (χ1v) is 14.2. The molecule has 0 fully saturated rings. The molecule has 0 aliphatic heterocycles. The van der Waals surface area contributed by atoms with Crippen molar-refractivity contribution in [2.24, 2.45) is 0 Å². The maximum absolute atomic E-state index is 10.5. The van der Waals surface area contributed by atoms with Gasteiger partial charge in [0, 0.05) is 4.90 Å². The number of phenolic OH excluding ortho intramolecular Hbond substituents is 1. The van der Waals surface area contributed by atoms with Gasteiger partial charge in [0.05, 0.1) is 7.11 Å². The van der Waals surface area contributed by atoms with Crippen LogP contribution in [0.5, 0.6) is 11.5 Å². The number of benzene rings is 2. The van der Waals surface area contributed by atoms with Gasteiger partial charge in [-0.05, 0) is 63.7 Å². The normalized spacial score (nSPS) is 12.8. The van der Waals surface area contributed by atoms with Crippen LogP contribution in [0.15, 0.2) is 41.3 Å². The fourth-order valence-corrected chi connectivity index (χ4v) is 15.8. The van der Waals surface area contributed by atoms with Gasteiger partial charge in [-0.1, -0.05) is 72.7 Å². The van der Waals surface area contributed by atoms with E-state index in [0.29, 0.717) is 5.75 Å². The number of hydrogen-bond acceptors (Lipinski definition) is 3. The molecule has 1 N–H and O–H groups in total. The lowest BCUT2D eigenvalue weighted by atomic mass is 10.1. The van der Waals surface area contributed by atoms with Crippen molar-refractivity contribution < 1.29 is 9.84 Å². The van der Waals surface area contributed by atoms with Crippen molar-refractivity contribution in [3.63, 3.8) is 0 Å². The third-order valence-corrected chi connectivity index (χ3v) is 15.9. The molecule has 2 nitrogen and oxygen atoms in total. The molecule has 0 radical (unpaired) electrons. The van der Waals surface area contributed by atoms with E-state index in [4.69, 9.17) is 4.74 Å². The lowest BCUT2D eigenvalue weighted by Gasteiger charge is -2.52. The number of thioether (sulfide) groups is 1. The number of rotatable bonds is 7. The number of phenols is 1. The van der Waals surface area contributed by atoms with Gasteiger partial charge in [0.2, 0.25) is 0 Å². The molecule has 0 atom stereocenters. The molecule has 0 saturated heterocycles. The monoisotopic (exact) mass is 444 g/mol. The first-order valence-electron chi connectivity index (χ1n) is 11.0. The van der Waals surface area contributed by atoms with Crippen LogP contribution in [-0.4, -0.2) is 25.7 Å². The molecule has 0 unspecified atom stereocenters. The number of ether oxygens (including phenoxy) is 1. The summed E-state index contributed by atoms with van der Waals surface area (Å²) in [4.78, 5) is 1.28. The van der Waals surface area contributed by atoms with Crippen LogP contribution in [0.2, 0.25) is 10.1 Å². The first-order chi connectivity index (χ1) is 13.9. The molecule has 0 bridgehead atoms. The van der Waals surface area contributed by atoms with Crippen molar-refractivity contribution in [1.29, 1.82) is 0 Å². The summed E-state index contributed by atoms with van der Waals surface area (Å²) in [5.41, 5.74) is 2.11. The fraction of sp³-hybridized carbons (Fsp3) is 0.538. The third-order valence-electron chi connectivity index (χ3n) is 6.60. The predicted octanol–water partition coefficient (Wildman–Crippen LogP) is 7.11. The highest BCUT2D eigenvalue weighted by Gasteiger charge is 2.53. The third kappa shape index (κ3) is 4.75.